The third-order valence-corrected chi connectivity index (χ3v) is 4.07. The fourth-order valence-corrected chi connectivity index (χ4v) is 2.61. The van der Waals surface area contributed by atoms with Crippen LogP contribution in [0.4, 0.5) is 5.13 Å². The topological polar surface area (TPSA) is 76.2 Å². The molecule has 1 aromatic carbocycles. The van der Waals surface area contributed by atoms with E-state index in [4.69, 9.17) is 10.8 Å². The van der Waals surface area contributed by atoms with Crippen molar-refractivity contribution in [3.05, 3.63) is 33.9 Å². The van der Waals surface area contributed by atoms with Crippen molar-refractivity contribution >= 4 is 38.4 Å². The quantitative estimate of drug-likeness (QED) is 0.893. The Hall–Kier alpha value is -1.40. The average molecular weight is 313 g/mol. The number of halogens is 1. The molecular formula is C11H9BrN2O2S. The summed E-state index contributed by atoms with van der Waals surface area (Å²) in [6, 6.07) is 5.65. The summed E-state index contributed by atoms with van der Waals surface area (Å²) in [6.07, 6.45) is 0. The Morgan fingerprint density at radius 3 is 2.82 bits per heavy atom. The fourth-order valence-electron chi connectivity index (χ4n) is 1.41. The Morgan fingerprint density at radius 2 is 2.24 bits per heavy atom. The number of carbonyl (C=O) groups is 1. The van der Waals surface area contributed by atoms with Crippen LogP contribution in [0.5, 0.6) is 0 Å². The molecule has 17 heavy (non-hydrogen) atoms. The molecule has 0 saturated carbocycles. The van der Waals surface area contributed by atoms with Crippen LogP contribution < -0.4 is 5.73 Å². The fraction of sp³-hybridized carbons (Fsp3) is 0.0909. The Morgan fingerprint density at radius 1 is 1.53 bits per heavy atom. The molecular weight excluding hydrogens is 304 g/mol. The predicted molar refractivity (Wildman–Crippen MR) is 71.4 cm³/mol. The number of benzene rings is 1. The van der Waals surface area contributed by atoms with Crippen molar-refractivity contribution in [1.82, 2.24) is 4.98 Å². The van der Waals surface area contributed by atoms with Gasteiger partial charge >= 0.3 is 5.97 Å². The van der Waals surface area contributed by atoms with E-state index < -0.39 is 5.97 Å². The van der Waals surface area contributed by atoms with E-state index in [1.165, 1.54) is 11.3 Å². The Bertz CT molecular complexity index is 595. The van der Waals surface area contributed by atoms with E-state index in [1.54, 1.807) is 0 Å². The summed E-state index contributed by atoms with van der Waals surface area (Å²) in [4.78, 5) is 15.4. The molecule has 0 spiro atoms. The maximum atomic E-state index is 11.0. The van der Waals surface area contributed by atoms with E-state index in [0.717, 1.165) is 15.6 Å². The number of nitrogens with zero attached hydrogens (tertiary/aromatic N) is 1. The highest BCUT2D eigenvalue weighted by atomic mass is 79.9. The van der Waals surface area contributed by atoms with Gasteiger partial charge in [0.25, 0.3) is 0 Å². The number of thiazole rings is 1. The minimum atomic E-state index is -1.07. The van der Waals surface area contributed by atoms with Crippen LogP contribution in [0.25, 0.3) is 10.4 Å². The van der Waals surface area contributed by atoms with E-state index in [9.17, 15) is 4.79 Å². The number of hydrogen-bond donors (Lipinski definition) is 2. The molecule has 88 valence electrons. The second-order valence-electron chi connectivity index (χ2n) is 3.50. The smallest absolute Gasteiger partial charge is 0.356 e. The van der Waals surface area contributed by atoms with E-state index in [-0.39, 0.29) is 10.8 Å². The Labute approximate surface area is 110 Å². The van der Waals surface area contributed by atoms with E-state index in [2.05, 4.69) is 20.9 Å². The first-order valence-electron chi connectivity index (χ1n) is 4.75. The van der Waals surface area contributed by atoms with Crippen molar-refractivity contribution in [3.63, 3.8) is 0 Å². The van der Waals surface area contributed by atoms with Crippen LogP contribution in [-0.2, 0) is 0 Å². The molecule has 0 saturated heterocycles. The van der Waals surface area contributed by atoms with Crippen LogP contribution in [0.3, 0.4) is 0 Å². The molecule has 0 aliphatic heterocycles. The van der Waals surface area contributed by atoms with Crippen molar-refractivity contribution in [1.29, 1.82) is 0 Å². The van der Waals surface area contributed by atoms with Crippen molar-refractivity contribution in [3.8, 4) is 10.4 Å². The van der Waals surface area contributed by atoms with Gasteiger partial charge in [0.15, 0.2) is 10.8 Å². The SMILES string of the molecule is Cc1ccc(-c2sc(N)nc2C(=O)O)cc1Br. The first-order chi connectivity index (χ1) is 7.99. The van der Waals surface area contributed by atoms with Gasteiger partial charge in [0.05, 0.1) is 4.88 Å². The van der Waals surface area contributed by atoms with Gasteiger partial charge < -0.3 is 10.8 Å². The highest BCUT2D eigenvalue weighted by molar-refractivity contribution is 9.10. The minimum Gasteiger partial charge on any atom is -0.476 e. The van der Waals surface area contributed by atoms with Crippen LogP contribution >= 0.6 is 27.3 Å². The molecule has 1 aromatic heterocycles. The van der Waals surface area contributed by atoms with Crippen LogP contribution in [-0.4, -0.2) is 16.1 Å². The van der Waals surface area contributed by atoms with Gasteiger partial charge in [-0.1, -0.05) is 39.4 Å². The molecule has 0 radical (unpaired) electrons. The normalized spacial score (nSPS) is 10.5. The standard InChI is InChI=1S/C11H9BrN2O2S/c1-5-2-3-6(4-7(5)12)9-8(10(15)16)14-11(13)17-9/h2-4H,1H3,(H2,13,14)(H,15,16). The molecule has 0 aliphatic rings. The molecule has 0 atom stereocenters. The van der Waals surface area contributed by atoms with Gasteiger partial charge in [0, 0.05) is 4.47 Å². The van der Waals surface area contributed by atoms with Gasteiger partial charge in [0.2, 0.25) is 0 Å². The minimum absolute atomic E-state index is 0.00301. The van der Waals surface area contributed by atoms with Crippen molar-refractivity contribution in [2.24, 2.45) is 0 Å². The summed E-state index contributed by atoms with van der Waals surface area (Å²) in [5, 5.41) is 9.30. The van der Waals surface area contributed by atoms with Crippen LogP contribution in [0.15, 0.2) is 22.7 Å². The molecule has 3 N–H and O–H groups in total. The van der Waals surface area contributed by atoms with Gasteiger partial charge in [-0.25, -0.2) is 9.78 Å². The van der Waals surface area contributed by atoms with Gasteiger partial charge in [-0.05, 0) is 24.1 Å². The summed E-state index contributed by atoms with van der Waals surface area (Å²) in [7, 11) is 0. The summed E-state index contributed by atoms with van der Waals surface area (Å²) in [5.74, 6) is -1.07. The summed E-state index contributed by atoms with van der Waals surface area (Å²) < 4.78 is 0.929. The third kappa shape index (κ3) is 2.32. The molecule has 2 aromatic rings. The van der Waals surface area contributed by atoms with Gasteiger partial charge in [-0.15, -0.1) is 0 Å². The number of hydrogen-bond acceptors (Lipinski definition) is 4. The summed E-state index contributed by atoms with van der Waals surface area (Å²) >= 11 is 4.59. The Kier molecular flexibility index (Phi) is 3.17. The largest absolute Gasteiger partial charge is 0.476 e. The Balaban J connectivity index is 2.59. The van der Waals surface area contributed by atoms with Gasteiger partial charge in [-0.3, -0.25) is 0 Å². The van der Waals surface area contributed by atoms with Gasteiger partial charge in [-0.2, -0.15) is 0 Å². The molecule has 1 heterocycles. The monoisotopic (exact) mass is 312 g/mol. The van der Waals surface area contributed by atoms with Crippen molar-refractivity contribution < 1.29 is 9.90 Å². The average Bonchev–Trinajstić information content (AvgIpc) is 2.64. The first-order valence-corrected chi connectivity index (χ1v) is 6.36. The molecule has 6 heteroatoms. The lowest BCUT2D eigenvalue weighted by Gasteiger charge is -2.02. The molecule has 4 nitrogen and oxygen atoms in total. The number of aromatic nitrogens is 1. The zero-order chi connectivity index (χ0) is 12.6. The van der Waals surface area contributed by atoms with Crippen LogP contribution in [0.2, 0.25) is 0 Å². The molecule has 0 fully saturated rings. The van der Waals surface area contributed by atoms with Crippen LogP contribution in [0.1, 0.15) is 16.1 Å². The number of anilines is 1. The van der Waals surface area contributed by atoms with Crippen molar-refractivity contribution in [2.45, 2.75) is 6.92 Å². The molecule has 0 aliphatic carbocycles. The number of aryl methyl sites for hydroxylation is 1. The highest BCUT2D eigenvalue weighted by Gasteiger charge is 2.18. The molecule has 0 unspecified atom stereocenters. The second-order valence-corrected chi connectivity index (χ2v) is 5.38. The van der Waals surface area contributed by atoms with Gasteiger partial charge in [0.1, 0.15) is 0 Å². The lowest BCUT2D eigenvalue weighted by atomic mass is 10.1. The number of nitrogens with two attached hydrogens (primary N) is 1. The number of nitrogen functional groups attached to an aromatic ring is 1. The second kappa shape index (κ2) is 4.46. The summed E-state index contributed by atoms with van der Waals surface area (Å²) in [6.45, 7) is 1.97. The zero-order valence-corrected chi connectivity index (χ0v) is 11.3. The molecule has 0 bridgehead atoms. The van der Waals surface area contributed by atoms with Crippen molar-refractivity contribution in [2.75, 3.05) is 5.73 Å². The molecule has 0 amide bonds. The first kappa shape index (κ1) is 12.1. The highest BCUT2D eigenvalue weighted by Crippen LogP contribution is 2.33. The molecule has 2 rings (SSSR count). The van der Waals surface area contributed by atoms with E-state index in [0.29, 0.717) is 4.88 Å². The lowest BCUT2D eigenvalue weighted by Crippen LogP contribution is -1.99. The maximum absolute atomic E-state index is 11.0. The predicted octanol–water partition coefficient (Wildman–Crippen LogP) is 3.16. The number of carboxylic acids is 1. The number of aromatic carboxylic acids is 1. The third-order valence-electron chi connectivity index (χ3n) is 2.28. The number of carboxylic acid groups (broad SMARTS) is 1. The maximum Gasteiger partial charge on any atom is 0.356 e. The number of rotatable bonds is 2. The summed E-state index contributed by atoms with van der Waals surface area (Å²) in [5.41, 5.74) is 7.44. The van der Waals surface area contributed by atoms with Crippen LogP contribution in [0, 0.1) is 6.92 Å². The zero-order valence-electron chi connectivity index (χ0n) is 8.90. The lowest BCUT2D eigenvalue weighted by molar-refractivity contribution is 0.0692. The van der Waals surface area contributed by atoms with E-state index in [1.807, 2.05) is 25.1 Å². The van der Waals surface area contributed by atoms with E-state index >= 15 is 0 Å².